The highest BCUT2D eigenvalue weighted by molar-refractivity contribution is 7.91. The van der Waals surface area contributed by atoms with E-state index >= 15 is 4.39 Å². The number of halogens is 1. The molecule has 252 valence electrons. The molecular weight excluding hydrogens is 684 g/mol. The maximum absolute atomic E-state index is 15.8. The van der Waals surface area contributed by atoms with Gasteiger partial charge < -0.3 is 14.0 Å². The number of esters is 1. The number of thiazole rings is 1. The number of ether oxygens (including phenoxy) is 2. The van der Waals surface area contributed by atoms with Gasteiger partial charge in [-0.25, -0.2) is 21.8 Å². The van der Waals surface area contributed by atoms with Crippen molar-refractivity contribution in [2.45, 2.75) is 42.9 Å². The zero-order chi connectivity index (χ0) is 34.7. The molecule has 1 unspecified atom stereocenters. The summed E-state index contributed by atoms with van der Waals surface area (Å²) in [6.07, 6.45) is 4.26. The summed E-state index contributed by atoms with van der Waals surface area (Å²) in [6, 6.07) is 24.1. The Morgan fingerprint density at radius 3 is 2.53 bits per heavy atom. The molecular formula is C37H33FN2O6S3. The highest BCUT2D eigenvalue weighted by Crippen LogP contribution is 2.40. The Kier molecular flexibility index (Phi) is 10.2. The summed E-state index contributed by atoms with van der Waals surface area (Å²) in [6.45, 7) is 4.01. The molecule has 0 N–H and O–H groups in total. The third-order valence-electron chi connectivity index (χ3n) is 7.84. The van der Waals surface area contributed by atoms with Gasteiger partial charge in [-0.2, -0.15) is 0 Å². The Bertz CT molecular complexity index is 2240. The van der Waals surface area contributed by atoms with Crippen LogP contribution in [0.4, 0.5) is 4.39 Å². The van der Waals surface area contributed by atoms with Crippen molar-refractivity contribution >= 4 is 49.4 Å². The second kappa shape index (κ2) is 14.6. The van der Waals surface area contributed by atoms with Crippen molar-refractivity contribution < 1.29 is 31.6 Å². The standard InChI is InChI=1S/C37H33FN2O6S3/c1-4-45-34(41)16-13-25-7-5-8-26(19-25)20-28-23-47-37(39-28)27-9-6-10-29(21-27)46-35-32(38)22-33-31(36(35)48(3)42)17-18-40(33)49(43,44)30-14-11-24(2)12-15-30/h5-12,14-15,17-19,21-23H,4,13,16,20H2,1-3H3. The number of carbonyl (C=O) groups excluding carboxylic acids is 1. The number of carbonyl (C=O) groups is 1. The van der Waals surface area contributed by atoms with E-state index in [2.05, 4.69) is 6.07 Å². The summed E-state index contributed by atoms with van der Waals surface area (Å²) in [5.41, 5.74) is 4.71. The van der Waals surface area contributed by atoms with Crippen LogP contribution in [0.25, 0.3) is 21.5 Å². The van der Waals surface area contributed by atoms with Crippen molar-refractivity contribution in [3.05, 3.63) is 125 Å². The normalized spacial score (nSPS) is 12.3. The van der Waals surface area contributed by atoms with Gasteiger partial charge in [0.1, 0.15) is 17.0 Å². The minimum absolute atomic E-state index is 0.0530. The molecule has 0 aliphatic rings. The molecule has 0 amide bonds. The van der Waals surface area contributed by atoms with Gasteiger partial charge >= 0.3 is 5.97 Å². The predicted octanol–water partition coefficient (Wildman–Crippen LogP) is 8.07. The first-order valence-electron chi connectivity index (χ1n) is 15.5. The molecule has 0 aliphatic heterocycles. The highest BCUT2D eigenvalue weighted by Gasteiger charge is 2.28. The fourth-order valence-corrected chi connectivity index (χ4v) is 8.54. The van der Waals surface area contributed by atoms with E-state index in [9.17, 15) is 17.8 Å². The Hall–Kier alpha value is -4.49. The number of aryl methyl sites for hydroxylation is 2. The SMILES string of the molecule is CCOC(=O)CCc1cccc(Cc2csc(-c3cccc(Oc4c(F)cc5c(ccn5S(=O)(=O)c5ccc(C)cc5)c4[S+](C)[O-])c3)n2)c1. The van der Waals surface area contributed by atoms with Crippen LogP contribution in [-0.2, 0) is 43.6 Å². The van der Waals surface area contributed by atoms with Gasteiger partial charge in [-0.15, -0.1) is 11.3 Å². The Morgan fingerprint density at radius 1 is 1.02 bits per heavy atom. The van der Waals surface area contributed by atoms with E-state index < -0.39 is 27.0 Å². The largest absolute Gasteiger partial charge is 0.612 e. The number of aromatic nitrogens is 2. The van der Waals surface area contributed by atoms with Gasteiger partial charge in [0, 0.05) is 36.0 Å². The molecule has 12 heteroatoms. The van der Waals surface area contributed by atoms with Crippen LogP contribution in [-0.4, -0.2) is 40.8 Å². The average Bonchev–Trinajstić information content (AvgIpc) is 3.72. The van der Waals surface area contributed by atoms with Gasteiger partial charge in [-0.05, 0) is 72.9 Å². The lowest BCUT2D eigenvalue weighted by Crippen LogP contribution is -2.12. The first-order chi connectivity index (χ1) is 23.5. The van der Waals surface area contributed by atoms with E-state index in [1.165, 1.54) is 42.0 Å². The fourth-order valence-electron chi connectivity index (χ4n) is 5.51. The van der Waals surface area contributed by atoms with Gasteiger partial charge in [0.05, 0.1) is 28.1 Å². The van der Waals surface area contributed by atoms with Crippen LogP contribution < -0.4 is 4.74 Å². The van der Waals surface area contributed by atoms with Crippen molar-refractivity contribution in [2.24, 2.45) is 0 Å². The lowest BCUT2D eigenvalue weighted by atomic mass is 10.0. The minimum Gasteiger partial charge on any atom is -0.612 e. The number of fused-ring (bicyclic) bond motifs is 1. The van der Waals surface area contributed by atoms with Crippen molar-refractivity contribution in [1.29, 1.82) is 0 Å². The number of nitrogens with zero attached hydrogens (tertiary/aromatic N) is 2. The van der Waals surface area contributed by atoms with Gasteiger partial charge in [-0.1, -0.05) is 54.1 Å². The van der Waals surface area contributed by atoms with Crippen molar-refractivity contribution in [3.8, 4) is 22.1 Å². The van der Waals surface area contributed by atoms with E-state index in [0.717, 1.165) is 43.0 Å². The van der Waals surface area contributed by atoms with Gasteiger partial charge in [0.25, 0.3) is 10.0 Å². The molecule has 0 bridgehead atoms. The quantitative estimate of drug-likeness (QED) is 0.0931. The average molecular weight is 717 g/mol. The Morgan fingerprint density at radius 2 is 1.78 bits per heavy atom. The first-order valence-corrected chi connectivity index (χ1v) is 19.4. The summed E-state index contributed by atoms with van der Waals surface area (Å²) in [5.74, 6) is -0.990. The molecule has 2 heterocycles. The molecule has 0 saturated carbocycles. The number of benzene rings is 4. The summed E-state index contributed by atoms with van der Waals surface area (Å²) in [5, 5.41) is 3.03. The Balaban J connectivity index is 1.24. The first kappa shape index (κ1) is 34.4. The highest BCUT2D eigenvalue weighted by atomic mass is 32.2. The molecule has 2 aromatic heterocycles. The summed E-state index contributed by atoms with van der Waals surface area (Å²) >= 11 is -0.263. The summed E-state index contributed by atoms with van der Waals surface area (Å²) < 4.78 is 67.8. The fraction of sp³-hybridized carbons (Fsp3) is 0.189. The van der Waals surface area contributed by atoms with Crippen LogP contribution in [0, 0.1) is 12.7 Å². The molecule has 6 rings (SSSR count). The monoisotopic (exact) mass is 716 g/mol. The molecule has 0 spiro atoms. The van der Waals surface area contributed by atoms with Gasteiger partial charge in [-0.3, -0.25) is 4.79 Å². The topological polar surface area (TPSA) is 111 Å². The number of hydrogen-bond acceptors (Lipinski definition) is 8. The van der Waals surface area contributed by atoms with E-state index in [0.29, 0.717) is 37.0 Å². The lowest BCUT2D eigenvalue weighted by molar-refractivity contribution is -0.143. The van der Waals surface area contributed by atoms with Crippen LogP contribution in [0.1, 0.15) is 35.7 Å². The molecule has 6 aromatic rings. The summed E-state index contributed by atoms with van der Waals surface area (Å²) in [4.78, 5) is 16.7. The van der Waals surface area contributed by atoms with Gasteiger partial charge in [0.2, 0.25) is 10.6 Å². The minimum atomic E-state index is -4.05. The Labute approximate surface area is 291 Å². The van der Waals surface area contributed by atoms with Crippen molar-refractivity contribution in [2.75, 3.05) is 12.9 Å². The van der Waals surface area contributed by atoms with Crippen molar-refractivity contribution in [3.63, 3.8) is 0 Å². The molecule has 0 radical (unpaired) electrons. The maximum atomic E-state index is 15.8. The second-order valence-corrected chi connectivity index (χ2v) is 15.4. The smallest absolute Gasteiger partial charge is 0.306 e. The zero-order valence-corrected chi connectivity index (χ0v) is 29.5. The second-order valence-electron chi connectivity index (χ2n) is 11.4. The van der Waals surface area contributed by atoms with Crippen LogP contribution in [0.15, 0.2) is 106 Å². The van der Waals surface area contributed by atoms with Crippen LogP contribution >= 0.6 is 11.3 Å². The molecule has 8 nitrogen and oxygen atoms in total. The van der Waals surface area contributed by atoms with E-state index in [1.54, 1.807) is 37.3 Å². The summed E-state index contributed by atoms with van der Waals surface area (Å²) in [7, 11) is -4.05. The van der Waals surface area contributed by atoms with Crippen molar-refractivity contribution in [1.82, 2.24) is 8.96 Å². The third-order valence-corrected chi connectivity index (χ3v) is 11.5. The zero-order valence-electron chi connectivity index (χ0n) is 27.0. The maximum Gasteiger partial charge on any atom is 0.306 e. The van der Waals surface area contributed by atoms with Crippen LogP contribution in [0.2, 0.25) is 0 Å². The molecule has 49 heavy (non-hydrogen) atoms. The molecule has 0 fully saturated rings. The molecule has 0 saturated heterocycles. The molecule has 0 aliphatic carbocycles. The lowest BCUT2D eigenvalue weighted by Gasteiger charge is -2.15. The molecule has 4 aromatic carbocycles. The van der Waals surface area contributed by atoms with E-state index in [-0.39, 0.29) is 27.0 Å². The van der Waals surface area contributed by atoms with E-state index in [1.807, 2.05) is 36.6 Å². The number of rotatable bonds is 12. The van der Waals surface area contributed by atoms with Crippen LogP contribution in [0.5, 0.6) is 11.5 Å². The molecule has 1 atom stereocenters. The third kappa shape index (κ3) is 7.57. The predicted molar refractivity (Wildman–Crippen MR) is 190 cm³/mol. The number of hydrogen-bond donors (Lipinski definition) is 0. The van der Waals surface area contributed by atoms with E-state index in [4.69, 9.17) is 14.5 Å². The van der Waals surface area contributed by atoms with Crippen LogP contribution in [0.3, 0.4) is 0 Å². The van der Waals surface area contributed by atoms with Gasteiger partial charge in [0.15, 0.2) is 5.82 Å².